The first-order valence-corrected chi connectivity index (χ1v) is 15.6. The number of hydrogen-bond donors (Lipinski definition) is 2. The van der Waals surface area contributed by atoms with Crippen molar-refractivity contribution in [3.05, 3.63) is 58.3 Å². The van der Waals surface area contributed by atoms with Gasteiger partial charge in [-0.15, -0.1) is 22.7 Å². The third-order valence-corrected chi connectivity index (χ3v) is 9.44. The number of unbranched alkanes of at least 4 members (excludes halogenated alkanes) is 6. The van der Waals surface area contributed by atoms with Gasteiger partial charge in [-0.05, 0) is 62.1 Å². The van der Waals surface area contributed by atoms with Crippen LogP contribution in [0.4, 0.5) is 0 Å². The fourth-order valence-electron chi connectivity index (χ4n) is 5.02. The molecule has 2 aromatic carbocycles. The lowest BCUT2D eigenvalue weighted by Gasteiger charge is -2.14. The summed E-state index contributed by atoms with van der Waals surface area (Å²) in [6, 6.07) is 16.2. The summed E-state index contributed by atoms with van der Waals surface area (Å²) in [4.78, 5) is 14.4. The van der Waals surface area contributed by atoms with Crippen LogP contribution in [0.3, 0.4) is 0 Å². The molecule has 198 valence electrons. The first kappa shape index (κ1) is 26.6. The van der Waals surface area contributed by atoms with Crippen molar-refractivity contribution >= 4 is 44.7 Å². The van der Waals surface area contributed by atoms with Crippen LogP contribution >= 0.6 is 22.7 Å². The molecule has 0 saturated carbocycles. The molecule has 5 rings (SSSR count). The van der Waals surface area contributed by atoms with E-state index < -0.39 is 0 Å². The quantitative estimate of drug-likeness (QED) is 0.0931. The second-order valence-corrected chi connectivity index (χ2v) is 12.3. The molecule has 0 saturated heterocycles. The van der Waals surface area contributed by atoms with Crippen LogP contribution in [0.25, 0.3) is 42.9 Å². The van der Waals surface area contributed by atoms with E-state index in [1.807, 2.05) is 36.4 Å². The topological polar surface area (TPSA) is 66.2 Å². The molecule has 0 radical (unpaired) electrons. The minimum absolute atomic E-state index is 0.116. The zero-order valence-electron chi connectivity index (χ0n) is 22.3. The van der Waals surface area contributed by atoms with Crippen LogP contribution in [0.1, 0.15) is 75.0 Å². The van der Waals surface area contributed by atoms with E-state index in [-0.39, 0.29) is 11.5 Å². The van der Waals surface area contributed by atoms with E-state index in [0.29, 0.717) is 22.2 Å². The van der Waals surface area contributed by atoms with Crippen molar-refractivity contribution < 1.29 is 10.2 Å². The van der Waals surface area contributed by atoms with Crippen LogP contribution < -0.4 is 0 Å². The molecule has 3 heterocycles. The number of phenols is 2. The SMILES string of the molecule is CCCCCCc1ccc(-c2c(O)c(O)c(-c3ccc(CCCCCC)s3)c3nc4ccccc4nc23)s1. The van der Waals surface area contributed by atoms with Gasteiger partial charge in [0.2, 0.25) is 0 Å². The molecule has 0 fully saturated rings. The molecule has 6 heteroatoms. The Morgan fingerprint density at radius 1 is 0.579 bits per heavy atom. The highest BCUT2D eigenvalue weighted by Crippen LogP contribution is 2.51. The molecule has 0 aliphatic carbocycles. The lowest BCUT2D eigenvalue weighted by molar-refractivity contribution is 0.407. The van der Waals surface area contributed by atoms with Crippen LogP contribution in [0.2, 0.25) is 0 Å². The molecule has 4 nitrogen and oxygen atoms in total. The summed E-state index contributed by atoms with van der Waals surface area (Å²) in [5, 5.41) is 22.8. The number of hydrogen-bond acceptors (Lipinski definition) is 6. The van der Waals surface area contributed by atoms with E-state index in [1.165, 1.54) is 48.3 Å². The largest absolute Gasteiger partial charge is 0.504 e. The van der Waals surface area contributed by atoms with E-state index in [1.54, 1.807) is 22.7 Å². The number of phenolic OH excluding ortho intramolecular Hbond substituents is 2. The molecule has 0 unspecified atom stereocenters. The minimum atomic E-state index is -0.116. The summed E-state index contributed by atoms with van der Waals surface area (Å²) in [7, 11) is 0. The zero-order chi connectivity index (χ0) is 26.5. The Kier molecular flexibility index (Phi) is 8.60. The van der Waals surface area contributed by atoms with Crippen molar-refractivity contribution in [1.29, 1.82) is 0 Å². The fourth-order valence-corrected chi connectivity index (χ4v) is 7.21. The van der Waals surface area contributed by atoms with E-state index in [4.69, 9.17) is 9.97 Å². The van der Waals surface area contributed by atoms with Gasteiger partial charge in [-0.3, -0.25) is 0 Å². The standard InChI is InChI=1S/C32H36N2O2S2/c1-3-5-7-9-13-21-17-19-25(37-21)27-29-30(34-24-16-12-11-15-23(24)33-29)28(32(36)31(27)35)26-20-18-22(38-26)14-10-8-6-4-2/h11-12,15-20,35-36H,3-10,13-14H2,1-2H3. The van der Waals surface area contributed by atoms with Crippen molar-refractivity contribution in [2.45, 2.75) is 78.1 Å². The molecule has 38 heavy (non-hydrogen) atoms. The van der Waals surface area contributed by atoms with Crippen molar-refractivity contribution in [3.63, 3.8) is 0 Å². The molecule has 0 atom stereocenters. The Morgan fingerprint density at radius 2 is 1.03 bits per heavy atom. The molecule has 5 aromatic rings. The molecular weight excluding hydrogens is 508 g/mol. The van der Waals surface area contributed by atoms with Crippen molar-refractivity contribution in [3.8, 4) is 32.4 Å². The second kappa shape index (κ2) is 12.3. The summed E-state index contributed by atoms with van der Waals surface area (Å²) < 4.78 is 0. The van der Waals surface area contributed by atoms with Crippen LogP contribution in [0.15, 0.2) is 48.5 Å². The van der Waals surface area contributed by atoms with Gasteiger partial charge in [-0.25, -0.2) is 9.97 Å². The Morgan fingerprint density at radius 3 is 1.45 bits per heavy atom. The molecular formula is C32H36N2O2S2. The Bertz CT molecular complexity index is 1420. The molecule has 2 N–H and O–H groups in total. The number of rotatable bonds is 12. The summed E-state index contributed by atoms with van der Waals surface area (Å²) in [6.07, 6.45) is 11.8. The lowest BCUT2D eigenvalue weighted by Crippen LogP contribution is -1.94. The van der Waals surface area contributed by atoms with Gasteiger partial charge in [0, 0.05) is 19.5 Å². The molecule has 0 spiro atoms. The van der Waals surface area contributed by atoms with Gasteiger partial charge in [0.25, 0.3) is 0 Å². The summed E-state index contributed by atoms with van der Waals surface area (Å²) in [6.45, 7) is 4.45. The number of thiophene rings is 2. The van der Waals surface area contributed by atoms with Crippen LogP contribution in [-0.4, -0.2) is 20.2 Å². The van der Waals surface area contributed by atoms with E-state index in [0.717, 1.165) is 46.5 Å². The maximum Gasteiger partial charge on any atom is 0.169 e. The maximum absolute atomic E-state index is 11.4. The second-order valence-electron chi connectivity index (χ2n) is 10.0. The predicted octanol–water partition coefficient (Wildman–Crippen LogP) is 9.90. The van der Waals surface area contributed by atoms with Gasteiger partial charge in [0.05, 0.1) is 22.2 Å². The minimum Gasteiger partial charge on any atom is -0.504 e. The lowest BCUT2D eigenvalue weighted by atomic mass is 10.0. The highest BCUT2D eigenvalue weighted by molar-refractivity contribution is 7.16. The van der Waals surface area contributed by atoms with E-state index in [9.17, 15) is 10.2 Å². The average Bonchev–Trinajstić information content (AvgIpc) is 3.59. The van der Waals surface area contributed by atoms with E-state index >= 15 is 0 Å². The van der Waals surface area contributed by atoms with Crippen molar-refractivity contribution in [2.24, 2.45) is 0 Å². The summed E-state index contributed by atoms with van der Waals surface area (Å²) >= 11 is 3.34. The van der Waals surface area contributed by atoms with Gasteiger partial charge < -0.3 is 10.2 Å². The van der Waals surface area contributed by atoms with Crippen molar-refractivity contribution in [2.75, 3.05) is 0 Å². The van der Waals surface area contributed by atoms with Gasteiger partial charge >= 0.3 is 0 Å². The fraction of sp³-hybridized carbons (Fsp3) is 0.375. The number of aromatic hydroxyl groups is 2. The van der Waals surface area contributed by atoms with Crippen LogP contribution in [-0.2, 0) is 12.8 Å². The van der Waals surface area contributed by atoms with Crippen molar-refractivity contribution in [1.82, 2.24) is 9.97 Å². The summed E-state index contributed by atoms with van der Waals surface area (Å²) in [5.41, 5.74) is 3.95. The molecule has 0 bridgehead atoms. The third kappa shape index (κ3) is 5.57. The van der Waals surface area contributed by atoms with E-state index in [2.05, 4.69) is 26.0 Å². The Balaban J connectivity index is 1.60. The molecule has 0 aliphatic rings. The van der Waals surface area contributed by atoms with Gasteiger partial charge in [-0.1, -0.05) is 64.5 Å². The number of aryl methyl sites for hydroxylation is 2. The maximum atomic E-state index is 11.4. The number of nitrogens with zero attached hydrogens (tertiary/aromatic N) is 2. The zero-order valence-corrected chi connectivity index (χ0v) is 23.9. The first-order valence-electron chi connectivity index (χ1n) is 13.9. The average molecular weight is 545 g/mol. The number of fused-ring (bicyclic) bond motifs is 2. The molecule has 0 amide bonds. The first-order chi connectivity index (χ1) is 18.6. The van der Waals surface area contributed by atoms with Crippen LogP contribution in [0, 0.1) is 0 Å². The highest BCUT2D eigenvalue weighted by atomic mass is 32.1. The third-order valence-electron chi connectivity index (χ3n) is 7.11. The molecule has 0 aliphatic heterocycles. The summed E-state index contributed by atoms with van der Waals surface area (Å²) in [5.74, 6) is -0.233. The Labute approximate surface area is 233 Å². The predicted molar refractivity (Wildman–Crippen MR) is 163 cm³/mol. The van der Waals surface area contributed by atoms with Crippen LogP contribution in [0.5, 0.6) is 11.5 Å². The number of para-hydroxylation sites is 2. The van der Waals surface area contributed by atoms with Gasteiger partial charge in [0.1, 0.15) is 11.0 Å². The Hall–Kier alpha value is -2.96. The molecule has 3 aromatic heterocycles. The smallest absolute Gasteiger partial charge is 0.169 e. The highest BCUT2D eigenvalue weighted by Gasteiger charge is 2.25. The van der Waals surface area contributed by atoms with Gasteiger partial charge in [-0.2, -0.15) is 0 Å². The monoisotopic (exact) mass is 544 g/mol. The normalized spacial score (nSPS) is 11.6. The van der Waals surface area contributed by atoms with Gasteiger partial charge in [0.15, 0.2) is 11.5 Å². The number of benzene rings is 2. The number of aromatic nitrogens is 2.